The van der Waals surface area contributed by atoms with Crippen LogP contribution in [0.5, 0.6) is 0 Å². The largest absolute Gasteiger partial charge is 0.391 e. The summed E-state index contributed by atoms with van der Waals surface area (Å²) in [5.41, 5.74) is 9.22. The molecule has 2 atom stereocenters. The van der Waals surface area contributed by atoms with Crippen LogP contribution in [-0.2, 0) is 9.59 Å². The molecule has 0 aromatic rings. The van der Waals surface area contributed by atoms with Crippen molar-refractivity contribution in [1.29, 1.82) is 0 Å². The Balaban J connectivity index is 4.82. The molecule has 0 radical (unpaired) electrons. The molecule has 0 rings (SSSR count). The van der Waals surface area contributed by atoms with E-state index in [1.165, 1.54) is 0 Å². The number of thioether (sulfide) groups is 1. The highest BCUT2D eigenvalue weighted by Gasteiger charge is 2.26. The van der Waals surface area contributed by atoms with Gasteiger partial charge in [-0.3, -0.25) is 20.9 Å². The zero-order valence-corrected chi connectivity index (χ0v) is 15.4. The van der Waals surface area contributed by atoms with Gasteiger partial charge in [0.2, 0.25) is 11.6 Å². The van der Waals surface area contributed by atoms with Crippen LogP contribution in [0.4, 0.5) is 0 Å². The number of rotatable bonds is 14. The van der Waals surface area contributed by atoms with Crippen LogP contribution in [0.3, 0.4) is 0 Å². The maximum Gasteiger partial charge on any atom is 0.217 e. The second-order valence-corrected chi connectivity index (χ2v) is 6.73. The zero-order chi connectivity index (χ0) is 17.8. The first kappa shape index (κ1) is 22.1. The molecule has 0 bridgehead atoms. The Morgan fingerprint density at radius 2 is 1.83 bits per heavy atom. The summed E-state index contributed by atoms with van der Waals surface area (Å²) in [6.45, 7) is 7.83. The number of ketones is 2. The van der Waals surface area contributed by atoms with E-state index in [0.717, 1.165) is 17.9 Å². The van der Waals surface area contributed by atoms with Crippen molar-refractivity contribution in [3.05, 3.63) is 12.3 Å². The predicted molar refractivity (Wildman–Crippen MR) is 96.7 cm³/mol. The molecule has 7 nitrogen and oxygen atoms in total. The predicted octanol–water partition coefficient (Wildman–Crippen LogP) is -0.0484. The molecule has 0 saturated heterocycles. The van der Waals surface area contributed by atoms with Crippen LogP contribution in [-0.4, -0.2) is 49.3 Å². The highest BCUT2D eigenvalue weighted by Crippen LogP contribution is 2.08. The first-order chi connectivity index (χ1) is 10.9. The third-order valence-electron chi connectivity index (χ3n) is 3.35. The minimum absolute atomic E-state index is 0.0300. The highest BCUT2D eigenvalue weighted by molar-refractivity contribution is 7.98. The molecule has 0 aliphatic carbocycles. The van der Waals surface area contributed by atoms with Crippen molar-refractivity contribution < 1.29 is 9.59 Å². The van der Waals surface area contributed by atoms with Gasteiger partial charge in [0, 0.05) is 12.7 Å². The number of hydrogen-bond donors (Lipinski definition) is 5. The van der Waals surface area contributed by atoms with Gasteiger partial charge in [0.25, 0.3) is 0 Å². The Kier molecular flexibility index (Phi) is 12.0. The van der Waals surface area contributed by atoms with Gasteiger partial charge in [0.15, 0.2) is 0 Å². The third kappa shape index (κ3) is 9.07. The Labute approximate surface area is 143 Å². The smallest absolute Gasteiger partial charge is 0.217 e. The van der Waals surface area contributed by atoms with Gasteiger partial charge in [-0.2, -0.15) is 11.8 Å². The van der Waals surface area contributed by atoms with Gasteiger partial charge < -0.3 is 5.32 Å². The van der Waals surface area contributed by atoms with Crippen molar-refractivity contribution >= 4 is 23.3 Å². The fourth-order valence-electron chi connectivity index (χ4n) is 2.02. The van der Waals surface area contributed by atoms with E-state index in [-0.39, 0.29) is 18.5 Å². The monoisotopic (exact) mass is 345 g/mol. The first-order valence-electron chi connectivity index (χ1n) is 7.74. The lowest BCUT2D eigenvalue weighted by Gasteiger charge is -2.25. The normalized spacial score (nSPS) is 13.7. The minimum Gasteiger partial charge on any atom is -0.391 e. The molecule has 23 heavy (non-hydrogen) atoms. The number of Topliss-reactive ketones (excluding diaryl/α,β-unsaturated/α-hetero) is 2. The van der Waals surface area contributed by atoms with E-state index in [1.54, 1.807) is 11.8 Å². The SMILES string of the molecule is C=C(NC)[C@H](CCSC)NN[C@@H](CC(C)C)C(=O)C(=O)CNN. The molecule has 0 spiro atoms. The quantitative estimate of drug-likeness (QED) is 0.169. The number of carbonyl (C=O) groups is 2. The molecule has 0 aliphatic heterocycles. The van der Waals surface area contributed by atoms with Gasteiger partial charge in [-0.05, 0) is 30.8 Å². The number of likely N-dealkylation sites (N-methyl/N-ethyl adjacent to an activating group) is 1. The van der Waals surface area contributed by atoms with Crippen LogP contribution in [0.25, 0.3) is 0 Å². The van der Waals surface area contributed by atoms with Crippen LogP contribution in [0.15, 0.2) is 12.3 Å². The minimum atomic E-state index is -0.586. The Hall–Kier alpha value is -0.930. The summed E-state index contributed by atoms with van der Waals surface area (Å²) >= 11 is 1.74. The third-order valence-corrected chi connectivity index (χ3v) is 3.99. The maximum atomic E-state index is 12.2. The number of hydrogen-bond acceptors (Lipinski definition) is 8. The average molecular weight is 346 g/mol. The van der Waals surface area contributed by atoms with E-state index < -0.39 is 17.6 Å². The van der Waals surface area contributed by atoms with Gasteiger partial charge in [-0.15, -0.1) is 0 Å². The molecule has 0 aliphatic rings. The molecular formula is C15H31N5O2S. The molecule has 0 amide bonds. The average Bonchev–Trinajstić information content (AvgIpc) is 2.52. The second-order valence-electron chi connectivity index (χ2n) is 5.75. The lowest BCUT2D eigenvalue weighted by Crippen LogP contribution is -2.54. The van der Waals surface area contributed by atoms with Crippen LogP contribution in [0.2, 0.25) is 0 Å². The Morgan fingerprint density at radius 1 is 1.22 bits per heavy atom. The van der Waals surface area contributed by atoms with Gasteiger partial charge in [-0.25, -0.2) is 10.9 Å². The summed E-state index contributed by atoms with van der Waals surface area (Å²) in [4.78, 5) is 24.0. The lowest BCUT2D eigenvalue weighted by atomic mass is 9.98. The summed E-state index contributed by atoms with van der Waals surface area (Å²) < 4.78 is 0. The summed E-state index contributed by atoms with van der Waals surface area (Å²) in [5.74, 6) is 5.35. The molecule has 0 aromatic heterocycles. The summed E-state index contributed by atoms with van der Waals surface area (Å²) in [5, 5.41) is 3.03. The molecule has 8 heteroatoms. The molecule has 0 fully saturated rings. The highest BCUT2D eigenvalue weighted by atomic mass is 32.2. The molecule has 6 N–H and O–H groups in total. The van der Waals surface area contributed by atoms with E-state index >= 15 is 0 Å². The molecule has 0 heterocycles. The van der Waals surface area contributed by atoms with E-state index in [1.807, 2.05) is 27.2 Å². The maximum absolute atomic E-state index is 12.2. The number of carbonyl (C=O) groups excluding carboxylic acids is 2. The molecule has 134 valence electrons. The molecule has 0 saturated carbocycles. The topological polar surface area (TPSA) is 108 Å². The van der Waals surface area contributed by atoms with Gasteiger partial charge in [-0.1, -0.05) is 20.4 Å². The van der Waals surface area contributed by atoms with Gasteiger partial charge >= 0.3 is 0 Å². The van der Waals surface area contributed by atoms with E-state index in [2.05, 4.69) is 28.2 Å². The van der Waals surface area contributed by atoms with Gasteiger partial charge in [0.1, 0.15) is 0 Å². The summed E-state index contributed by atoms with van der Waals surface area (Å²) in [7, 11) is 1.81. The van der Waals surface area contributed by atoms with Crippen molar-refractivity contribution in [2.75, 3.05) is 25.6 Å². The van der Waals surface area contributed by atoms with Crippen molar-refractivity contribution in [2.45, 2.75) is 38.8 Å². The fraction of sp³-hybridized carbons (Fsp3) is 0.733. The number of hydrazine groups is 2. The summed E-state index contributed by atoms with van der Waals surface area (Å²) in [6, 6.07) is -0.616. The van der Waals surface area contributed by atoms with Crippen molar-refractivity contribution in [1.82, 2.24) is 21.6 Å². The number of nitrogens with two attached hydrogens (primary N) is 1. The van der Waals surface area contributed by atoms with Crippen LogP contribution in [0.1, 0.15) is 26.7 Å². The Bertz CT molecular complexity index is 390. The van der Waals surface area contributed by atoms with Crippen LogP contribution >= 0.6 is 11.8 Å². The first-order valence-corrected chi connectivity index (χ1v) is 9.13. The van der Waals surface area contributed by atoms with E-state index in [4.69, 9.17) is 5.84 Å². The van der Waals surface area contributed by atoms with E-state index in [9.17, 15) is 9.59 Å². The fourth-order valence-corrected chi connectivity index (χ4v) is 2.49. The zero-order valence-electron chi connectivity index (χ0n) is 14.6. The van der Waals surface area contributed by atoms with Crippen LogP contribution < -0.4 is 27.4 Å². The Morgan fingerprint density at radius 3 is 2.30 bits per heavy atom. The lowest BCUT2D eigenvalue weighted by molar-refractivity contribution is -0.137. The van der Waals surface area contributed by atoms with E-state index in [0.29, 0.717) is 6.42 Å². The van der Waals surface area contributed by atoms with Gasteiger partial charge in [0.05, 0.1) is 18.6 Å². The van der Waals surface area contributed by atoms with Crippen molar-refractivity contribution in [2.24, 2.45) is 11.8 Å². The molecule has 0 aromatic carbocycles. The summed E-state index contributed by atoms with van der Waals surface area (Å²) in [6.07, 6.45) is 3.45. The van der Waals surface area contributed by atoms with Crippen molar-refractivity contribution in [3.63, 3.8) is 0 Å². The molecular weight excluding hydrogens is 314 g/mol. The van der Waals surface area contributed by atoms with Crippen molar-refractivity contribution in [3.8, 4) is 0 Å². The molecule has 0 unspecified atom stereocenters. The second kappa shape index (κ2) is 12.5. The number of nitrogens with one attached hydrogen (secondary N) is 4. The standard InChI is InChI=1S/C15H31N5O2S/c1-10(2)8-13(15(22)14(21)9-18-16)20-19-12(6-7-23-5)11(3)17-4/h10,12-13,17-20H,3,6-9,16H2,1-2,4-5H3/t12-,13-/m0/s1. The van der Waals surface area contributed by atoms with Crippen LogP contribution in [0, 0.1) is 5.92 Å².